The fourth-order valence-corrected chi connectivity index (χ4v) is 1.20. The molecule has 0 aliphatic carbocycles. The van der Waals surface area contributed by atoms with Crippen LogP contribution < -0.4 is 10.6 Å². The predicted octanol–water partition coefficient (Wildman–Crippen LogP) is 2.62. The SMILES string of the molecule is [CH2]C=Cc1ccc(NC)cc1NC. The van der Waals surface area contributed by atoms with E-state index >= 15 is 0 Å². The van der Waals surface area contributed by atoms with E-state index in [9.17, 15) is 0 Å². The quantitative estimate of drug-likeness (QED) is 0.738. The highest BCUT2D eigenvalue weighted by Gasteiger charge is 1.97. The number of allylic oxidation sites excluding steroid dienone is 1. The van der Waals surface area contributed by atoms with Gasteiger partial charge in [0.05, 0.1) is 0 Å². The van der Waals surface area contributed by atoms with Gasteiger partial charge in [-0.3, -0.25) is 0 Å². The first-order chi connectivity index (χ1) is 6.31. The van der Waals surface area contributed by atoms with E-state index in [-0.39, 0.29) is 0 Å². The normalized spacial score (nSPS) is 10.4. The van der Waals surface area contributed by atoms with Crippen LogP contribution in [0.4, 0.5) is 11.4 Å². The molecule has 0 amide bonds. The maximum atomic E-state index is 3.67. The number of rotatable bonds is 3. The van der Waals surface area contributed by atoms with Gasteiger partial charge in [-0.15, -0.1) is 0 Å². The van der Waals surface area contributed by atoms with Crippen LogP contribution >= 0.6 is 0 Å². The molecule has 69 valence electrons. The number of anilines is 2. The average molecular weight is 175 g/mol. The lowest BCUT2D eigenvalue weighted by molar-refractivity contribution is 1.45. The van der Waals surface area contributed by atoms with Crippen molar-refractivity contribution in [3.8, 4) is 0 Å². The molecule has 0 saturated carbocycles. The molecule has 0 aromatic heterocycles. The summed E-state index contributed by atoms with van der Waals surface area (Å²) in [6, 6.07) is 6.16. The van der Waals surface area contributed by atoms with Gasteiger partial charge in [-0.05, 0) is 24.6 Å². The molecule has 0 atom stereocenters. The molecule has 0 aliphatic heterocycles. The smallest absolute Gasteiger partial charge is 0.0431 e. The Morgan fingerprint density at radius 1 is 1.23 bits per heavy atom. The Balaban J connectivity index is 3.07. The van der Waals surface area contributed by atoms with Gasteiger partial charge >= 0.3 is 0 Å². The van der Waals surface area contributed by atoms with Gasteiger partial charge < -0.3 is 10.6 Å². The minimum Gasteiger partial charge on any atom is -0.388 e. The van der Waals surface area contributed by atoms with E-state index in [2.05, 4.69) is 29.7 Å². The monoisotopic (exact) mass is 175 g/mol. The Kier molecular flexibility index (Phi) is 3.38. The van der Waals surface area contributed by atoms with Crippen LogP contribution in [0.1, 0.15) is 5.56 Å². The predicted molar refractivity (Wildman–Crippen MR) is 59.9 cm³/mol. The highest BCUT2D eigenvalue weighted by molar-refractivity contribution is 5.71. The Labute approximate surface area is 79.7 Å². The summed E-state index contributed by atoms with van der Waals surface area (Å²) in [6.45, 7) is 3.67. The molecule has 2 nitrogen and oxygen atoms in total. The van der Waals surface area contributed by atoms with E-state index < -0.39 is 0 Å². The Bertz CT molecular complexity index is 303. The summed E-state index contributed by atoms with van der Waals surface area (Å²) < 4.78 is 0. The molecule has 0 bridgehead atoms. The Morgan fingerprint density at radius 3 is 2.54 bits per heavy atom. The molecule has 2 heteroatoms. The number of hydrogen-bond acceptors (Lipinski definition) is 2. The summed E-state index contributed by atoms with van der Waals surface area (Å²) in [5.74, 6) is 0. The van der Waals surface area contributed by atoms with Crippen molar-refractivity contribution in [1.29, 1.82) is 0 Å². The minimum atomic E-state index is 1.10. The van der Waals surface area contributed by atoms with E-state index in [1.54, 1.807) is 6.08 Å². The molecule has 1 radical (unpaired) electrons. The third kappa shape index (κ3) is 2.25. The van der Waals surface area contributed by atoms with Crippen LogP contribution in [0, 0.1) is 6.92 Å². The lowest BCUT2D eigenvalue weighted by Gasteiger charge is -2.08. The molecule has 0 unspecified atom stereocenters. The van der Waals surface area contributed by atoms with Gasteiger partial charge in [0.1, 0.15) is 0 Å². The van der Waals surface area contributed by atoms with Crippen molar-refractivity contribution in [2.45, 2.75) is 0 Å². The van der Waals surface area contributed by atoms with Crippen LogP contribution in [0.25, 0.3) is 6.08 Å². The zero-order valence-corrected chi connectivity index (χ0v) is 8.09. The second-order valence-corrected chi connectivity index (χ2v) is 2.70. The molecule has 1 aromatic rings. The van der Waals surface area contributed by atoms with Crippen molar-refractivity contribution in [3.05, 3.63) is 36.8 Å². The van der Waals surface area contributed by atoms with Gasteiger partial charge in [-0.25, -0.2) is 0 Å². The summed E-state index contributed by atoms with van der Waals surface area (Å²) in [7, 11) is 3.82. The molecule has 2 N–H and O–H groups in total. The fourth-order valence-electron chi connectivity index (χ4n) is 1.20. The Morgan fingerprint density at radius 2 is 2.00 bits per heavy atom. The zero-order chi connectivity index (χ0) is 9.68. The first-order valence-corrected chi connectivity index (χ1v) is 4.27. The summed E-state index contributed by atoms with van der Waals surface area (Å²) in [5, 5.41) is 6.23. The second-order valence-electron chi connectivity index (χ2n) is 2.70. The maximum absolute atomic E-state index is 3.67. The third-order valence-electron chi connectivity index (χ3n) is 1.91. The summed E-state index contributed by atoms with van der Waals surface area (Å²) in [4.78, 5) is 0. The first kappa shape index (κ1) is 9.65. The van der Waals surface area contributed by atoms with E-state index in [0.717, 1.165) is 16.9 Å². The van der Waals surface area contributed by atoms with Crippen molar-refractivity contribution in [2.24, 2.45) is 0 Å². The molecule has 1 aromatic carbocycles. The van der Waals surface area contributed by atoms with Crippen molar-refractivity contribution >= 4 is 17.5 Å². The van der Waals surface area contributed by atoms with E-state index in [1.165, 1.54) is 0 Å². The van der Waals surface area contributed by atoms with Crippen LogP contribution in [0.5, 0.6) is 0 Å². The molecule has 1 rings (SSSR count). The van der Waals surface area contributed by atoms with Gasteiger partial charge in [0.25, 0.3) is 0 Å². The van der Waals surface area contributed by atoms with Crippen LogP contribution in [0.3, 0.4) is 0 Å². The van der Waals surface area contributed by atoms with Crippen molar-refractivity contribution < 1.29 is 0 Å². The molecule has 0 aliphatic rings. The van der Waals surface area contributed by atoms with Crippen molar-refractivity contribution in [3.63, 3.8) is 0 Å². The minimum absolute atomic E-state index is 1.10. The molecule has 0 heterocycles. The molecular formula is C11H15N2. The van der Waals surface area contributed by atoms with E-state index in [4.69, 9.17) is 0 Å². The van der Waals surface area contributed by atoms with Crippen molar-refractivity contribution in [2.75, 3.05) is 24.7 Å². The van der Waals surface area contributed by atoms with E-state index in [1.807, 2.05) is 26.2 Å². The van der Waals surface area contributed by atoms with Gasteiger partial charge in [-0.1, -0.05) is 18.2 Å². The highest BCUT2D eigenvalue weighted by atomic mass is 14.9. The topological polar surface area (TPSA) is 24.1 Å². The molecule has 13 heavy (non-hydrogen) atoms. The lowest BCUT2D eigenvalue weighted by atomic mass is 10.1. The highest BCUT2D eigenvalue weighted by Crippen LogP contribution is 2.21. The van der Waals surface area contributed by atoms with Gasteiger partial charge in [-0.2, -0.15) is 0 Å². The maximum Gasteiger partial charge on any atom is 0.0431 e. The molecule has 0 spiro atoms. The fraction of sp³-hybridized carbons (Fsp3) is 0.182. The zero-order valence-electron chi connectivity index (χ0n) is 8.09. The summed E-state index contributed by atoms with van der Waals surface area (Å²) in [6.07, 6.45) is 3.76. The molecular weight excluding hydrogens is 160 g/mol. The second kappa shape index (κ2) is 4.55. The van der Waals surface area contributed by atoms with Crippen molar-refractivity contribution in [1.82, 2.24) is 0 Å². The number of nitrogens with one attached hydrogen (secondary N) is 2. The van der Waals surface area contributed by atoms with Crippen LogP contribution in [0.15, 0.2) is 24.3 Å². The van der Waals surface area contributed by atoms with Gasteiger partial charge in [0.2, 0.25) is 0 Å². The van der Waals surface area contributed by atoms with Gasteiger partial charge in [0, 0.05) is 25.5 Å². The number of hydrogen-bond donors (Lipinski definition) is 2. The summed E-state index contributed by atoms with van der Waals surface area (Å²) >= 11 is 0. The van der Waals surface area contributed by atoms with Crippen LogP contribution in [-0.2, 0) is 0 Å². The van der Waals surface area contributed by atoms with Crippen LogP contribution in [0.2, 0.25) is 0 Å². The summed E-state index contributed by atoms with van der Waals surface area (Å²) in [5.41, 5.74) is 3.36. The third-order valence-corrected chi connectivity index (χ3v) is 1.91. The Hall–Kier alpha value is -1.44. The van der Waals surface area contributed by atoms with Gasteiger partial charge in [0.15, 0.2) is 0 Å². The van der Waals surface area contributed by atoms with Crippen LogP contribution in [-0.4, -0.2) is 14.1 Å². The molecule has 0 saturated heterocycles. The number of benzene rings is 1. The standard InChI is InChI=1S/C11H15N2/c1-4-5-9-6-7-10(12-2)8-11(9)13-3/h4-8,12-13H,1H2,2-3H3. The lowest BCUT2D eigenvalue weighted by Crippen LogP contribution is -1.94. The van der Waals surface area contributed by atoms with E-state index in [0.29, 0.717) is 0 Å². The molecule has 0 fully saturated rings. The average Bonchev–Trinajstić information content (AvgIpc) is 2.19. The first-order valence-electron chi connectivity index (χ1n) is 4.27. The largest absolute Gasteiger partial charge is 0.388 e.